The Morgan fingerprint density at radius 1 is 1.30 bits per heavy atom. The smallest absolute Gasteiger partial charge is 0.446 e. The third-order valence-electron chi connectivity index (χ3n) is 2.52. The van der Waals surface area contributed by atoms with E-state index in [0.29, 0.717) is 5.56 Å². The fourth-order valence-electron chi connectivity index (χ4n) is 1.60. The van der Waals surface area contributed by atoms with E-state index < -0.39 is 17.5 Å². The Morgan fingerprint density at radius 2 is 2.00 bits per heavy atom. The summed E-state index contributed by atoms with van der Waals surface area (Å²) in [6.45, 7) is 3.68. The van der Waals surface area contributed by atoms with Gasteiger partial charge in [0, 0.05) is 5.56 Å². The summed E-state index contributed by atoms with van der Waals surface area (Å²) in [5.74, 6) is -1.60. The number of allylic oxidation sites excluding steroid dienone is 1. The highest BCUT2D eigenvalue weighted by atomic mass is 16.5. The highest BCUT2D eigenvalue weighted by Crippen LogP contribution is 2.13. The van der Waals surface area contributed by atoms with Crippen LogP contribution in [0.5, 0.6) is 0 Å². The number of hydrogen-bond donors (Lipinski definition) is 0. The van der Waals surface area contributed by atoms with Crippen LogP contribution in [0.25, 0.3) is 11.6 Å². The van der Waals surface area contributed by atoms with Gasteiger partial charge in [-0.3, -0.25) is 4.79 Å². The van der Waals surface area contributed by atoms with Crippen LogP contribution >= 0.6 is 0 Å². The van der Waals surface area contributed by atoms with E-state index in [9.17, 15) is 9.59 Å². The normalized spacial score (nSPS) is 10.1. The van der Waals surface area contributed by atoms with Crippen molar-refractivity contribution in [1.29, 1.82) is 0 Å². The molecule has 0 saturated heterocycles. The third kappa shape index (κ3) is 3.73. The van der Waals surface area contributed by atoms with Gasteiger partial charge in [-0.05, 0) is 18.9 Å². The summed E-state index contributed by atoms with van der Waals surface area (Å²) in [5.41, 5.74) is 9.20. The molecule has 0 amide bonds. The first-order valence-electron chi connectivity index (χ1n) is 6.35. The quantitative estimate of drug-likeness (QED) is 0.199. The molecule has 0 aliphatic rings. The molecule has 0 heterocycles. The molecule has 20 heavy (non-hydrogen) atoms. The lowest BCUT2D eigenvalue weighted by atomic mass is 10.00. The molecule has 0 saturated carbocycles. The first kappa shape index (κ1) is 15.5. The lowest BCUT2D eigenvalue weighted by Gasteiger charge is -2.02. The van der Waals surface area contributed by atoms with Crippen LogP contribution in [-0.4, -0.2) is 28.9 Å². The summed E-state index contributed by atoms with van der Waals surface area (Å²) in [4.78, 5) is 26.6. The molecule has 0 bridgehead atoms. The van der Waals surface area contributed by atoms with Gasteiger partial charge in [0.2, 0.25) is 0 Å². The first-order chi connectivity index (χ1) is 9.65. The number of carbonyl (C=O) groups is 2. The van der Waals surface area contributed by atoms with Gasteiger partial charge < -0.3 is 10.3 Å². The monoisotopic (exact) mass is 272 g/mol. The number of benzene rings is 1. The number of nitrogens with zero attached hydrogens (tertiary/aromatic N) is 2. The molecule has 0 atom stereocenters. The molecule has 0 aliphatic carbocycles. The minimum absolute atomic E-state index is 0.0997. The molecule has 0 fully saturated rings. The number of esters is 1. The van der Waals surface area contributed by atoms with Crippen LogP contribution < -0.4 is 0 Å². The van der Waals surface area contributed by atoms with Gasteiger partial charge >= 0.3 is 11.7 Å². The Labute approximate surface area is 117 Å². The van der Waals surface area contributed by atoms with E-state index in [1.807, 2.05) is 13.0 Å². The van der Waals surface area contributed by atoms with Crippen molar-refractivity contribution in [3.8, 4) is 0 Å². The van der Waals surface area contributed by atoms with E-state index in [0.717, 1.165) is 6.42 Å². The molecule has 0 radical (unpaired) electrons. The lowest BCUT2D eigenvalue weighted by Crippen LogP contribution is -2.28. The van der Waals surface area contributed by atoms with Crippen LogP contribution in [0.4, 0.5) is 0 Å². The van der Waals surface area contributed by atoms with Gasteiger partial charge in [0.15, 0.2) is 0 Å². The maximum atomic E-state index is 12.3. The van der Waals surface area contributed by atoms with Gasteiger partial charge in [0.1, 0.15) is 0 Å². The molecule has 1 rings (SSSR count). The highest BCUT2D eigenvalue weighted by molar-refractivity contribution is 6.65. The highest BCUT2D eigenvalue weighted by Gasteiger charge is 2.32. The second kappa shape index (κ2) is 7.81. The number of rotatable bonds is 6. The molecule has 1 aromatic carbocycles. The van der Waals surface area contributed by atoms with Crippen molar-refractivity contribution in [1.82, 2.24) is 0 Å². The summed E-state index contributed by atoms with van der Waals surface area (Å²) in [5, 5.41) is 0. The molecule has 104 valence electrons. The van der Waals surface area contributed by atoms with Gasteiger partial charge in [-0.2, -0.15) is 4.79 Å². The van der Waals surface area contributed by atoms with Gasteiger partial charge in [-0.25, -0.2) is 4.79 Å². The van der Waals surface area contributed by atoms with Crippen LogP contribution in [-0.2, 0) is 9.53 Å². The van der Waals surface area contributed by atoms with Gasteiger partial charge in [0.25, 0.3) is 5.78 Å². The molecule has 5 heteroatoms. The van der Waals surface area contributed by atoms with E-state index in [1.54, 1.807) is 37.3 Å². The summed E-state index contributed by atoms with van der Waals surface area (Å²) in [7, 11) is 0. The number of ketones is 1. The Morgan fingerprint density at radius 3 is 2.60 bits per heavy atom. The number of hydrogen-bond acceptors (Lipinski definition) is 3. The molecular formula is C15H16N2O3. The predicted molar refractivity (Wildman–Crippen MR) is 75.4 cm³/mol. The Kier molecular flexibility index (Phi) is 6.07. The van der Waals surface area contributed by atoms with E-state index >= 15 is 0 Å². The second-order valence-corrected chi connectivity index (χ2v) is 3.90. The van der Waals surface area contributed by atoms with Crippen molar-refractivity contribution in [3.05, 3.63) is 47.0 Å². The molecule has 0 spiro atoms. The van der Waals surface area contributed by atoms with Crippen molar-refractivity contribution in [2.75, 3.05) is 6.61 Å². The zero-order chi connectivity index (χ0) is 15.0. The van der Waals surface area contributed by atoms with E-state index in [4.69, 9.17) is 5.53 Å². The maximum absolute atomic E-state index is 12.3. The summed E-state index contributed by atoms with van der Waals surface area (Å²) in [6, 6.07) is 6.78. The van der Waals surface area contributed by atoms with Crippen molar-refractivity contribution in [2.45, 2.75) is 20.3 Å². The average molecular weight is 272 g/mol. The molecule has 0 aliphatic heterocycles. The topological polar surface area (TPSA) is 79.8 Å². The van der Waals surface area contributed by atoms with Crippen molar-refractivity contribution in [3.63, 3.8) is 0 Å². The second-order valence-electron chi connectivity index (χ2n) is 3.90. The number of ether oxygens (including phenoxy) is 1. The minimum atomic E-state index is -0.936. The molecule has 1 aromatic rings. The fraction of sp³-hybridized carbons (Fsp3) is 0.267. The molecule has 5 nitrogen and oxygen atoms in total. The first-order valence-corrected chi connectivity index (χ1v) is 6.35. The lowest BCUT2D eigenvalue weighted by molar-refractivity contribution is -0.139. The van der Waals surface area contributed by atoms with Crippen molar-refractivity contribution in [2.24, 2.45) is 0 Å². The largest absolute Gasteiger partial charge is 0.457 e. The number of Topliss-reactive ketones (excluding diaryl/α,β-unsaturated/α-hetero) is 1. The fourth-order valence-corrected chi connectivity index (χ4v) is 1.60. The van der Waals surface area contributed by atoms with Gasteiger partial charge in [-0.1, -0.05) is 43.3 Å². The third-order valence-corrected chi connectivity index (χ3v) is 2.52. The minimum Gasteiger partial charge on any atom is -0.457 e. The Bertz CT molecular complexity index is 585. The summed E-state index contributed by atoms with van der Waals surface area (Å²) >= 11 is 0. The predicted octanol–water partition coefficient (Wildman–Crippen LogP) is 2.53. The van der Waals surface area contributed by atoms with Crippen LogP contribution in [0.15, 0.2) is 30.3 Å². The van der Waals surface area contributed by atoms with Crippen LogP contribution in [0.1, 0.15) is 36.2 Å². The molecule has 0 unspecified atom stereocenters. The average Bonchev–Trinajstić information content (AvgIpc) is 2.46. The van der Waals surface area contributed by atoms with Crippen molar-refractivity contribution < 1.29 is 19.1 Å². The zero-order valence-electron chi connectivity index (χ0n) is 11.5. The summed E-state index contributed by atoms with van der Waals surface area (Å²) < 4.78 is 4.69. The van der Waals surface area contributed by atoms with Crippen LogP contribution in [0.3, 0.4) is 0 Å². The Hall–Kier alpha value is -2.52. The van der Waals surface area contributed by atoms with Gasteiger partial charge in [-0.15, -0.1) is 0 Å². The standard InChI is InChI=1S/C15H16N2O3/c1-3-5-8-11-9-6-7-10-12(11)14(18)13(17-16)15(19)20-4-2/h5-10H,3-4H2,1-2H3/b8-5-. The molecular weight excluding hydrogens is 256 g/mol. The SMILES string of the molecule is CC/C=C\c1ccccc1C(=O)C(=[N+]=[N-])C(=O)OCC. The zero-order valence-corrected chi connectivity index (χ0v) is 11.5. The molecule has 0 aromatic heterocycles. The summed E-state index contributed by atoms with van der Waals surface area (Å²) in [6.07, 6.45) is 4.50. The van der Waals surface area contributed by atoms with E-state index in [2.05, 4.69) is 9.53 Å². The molecule has 0 N–H and O–H groups in total. The van der Waals surface area contributed by atoms with E-state index in [1.165, 1.54) is 0 Å². The Balaban J connectivity index is 3.17. The van der Waals surface area contributed by atoms with Crippen LogP contribution in [0, 0.1) is 0 Å². The van der Waals surface area contributed by atoms with Crippen molar-refractivity contribution >= 4 is 23.5 Å². The van der Waals surface area contributed by atoms with Gasteiger partial charge in [0.05, 0.1) is 6.61 Å². The van der Waals surface area contributed by atoms with Crippen LogP contribution in [0.2, 0.25) is 0 Å². The number of carbonyl (C=O) groups excluding carboxylic acids is 2. The van der Waals surface area contributed by atoms with E-state index in [-0.39, 0.29) is 12.2 Å². The maximum Gasteiger partial charge on any atom is 0.446 e.